The highest BCUT2D eigenvalue weighted by Gasteiger charge is 2.30. The maximum Gasteiger partial charge on any atom is 0.336 e. The number of nitrogens with zero attached hydrogens (tertiary/aromatic N) is 1. The quantitative estimate of drug-likeness (QED) is 0.929. The van der Waals surface area contributed by atoms with Crippen molar-refractivity contribution in [2.24, 2.45) is 0 Å². The van der Waals surface area contributed by atoms with Crippen LogP contribution in [0.2, 0.25) is 0 Å². The smallest absolute Gasteiger partial charge is 0.336 e. The van der Waals surface area contributed by atoms with Crippen LogP contribution >= 0.6 is 0 Å². The number of carboxylic acids is 1. The Hall–Kier alpha value is -2.62. The molecule has 0 radical (unpaired) electrons. The monoisotopic (exact) mass is 267 g/mol. The molecule has 1 heterocycles. The summed E-state index contributed by atoms with van der Waals surface area (Å²) in [5.74, 6) is -1.05. The van der Waals surface area contributed by atoms with E-state index < -0.39 is 5.97 Å². The first-order valence-electron chi connectivity index (χ1n) is 6.36. The summed E-state index contributed by atoms with van der Waals surface area (Å²) < 4.78 is 0. The van der Waals surface area contributed by atoms with Crippen LogP contribution < -0.4 is 4.90 Å². The number of aromatic carboxylic acids is 1. The second kappa shape index (κ2) is 4.81. The largest absolute Gasteiger partial charge is 0.478 e. The number of hydrogen-bond acceptors (Lipinski definition) is 2. The third-order valence-electron chi connectivity index (χ3n) is 3.49. The molecule has 0 fully saturated rings. The van der Waals surface area contributed by atoms with Crippen LogP contribution in [0, 0.1) is 0 Å². The highest BCUT2D eigenvalue weighted by atomic mass is 16.4. The lowest BCUT2D eigenvalue weighted by Gasteiger charge is -2.17. The summed E-state index contributed by atoms with van der Waals surface area (Å²) in [6, 6.07) is 14.7. The molecule has 0 spiro atoms. The van der Waals surface area contributed by atoms with E-state index in [0.29, 0.717) is 17.8 Å². The number of amides is 1. The Bertz CT molecular complexity index is 679. The zero-order chi connectivity index (χ0) is 14.1. The maximum absolute atomic E-state index is 12.1. The molecule has 0 saturated carbocycles. The summed E-state index contributed by atoms with van der Waals surface area (Å²) in [5.41, 5.74) is 2.56. The van der Waals surface area contributed by atoms with Gasteiger partial charge in [-0.15, -0.1) is 0 Å². The molecular weight excluding hydrogens is 254 g/mol. The van der Waals surface area contributed by atoms with Gasteiger partial charge < -0.3 is 10.0 Å². The van der Waals surface area contributed by atoms with Gasteiger partial charge in [-0.3, -0.25) is 4.79 Å². The molecule has 1 amide bonds. The summed E-state index contributed by atoms with van der Waals surface area (Å²) >= 11 is 0. The lowest BCUT2D eigenvalue weighted by Crippen LogP contribution is -2.25. The van der Waals surface area contributed by atoms with Crippen LogP contribution in [-0.4, -0.2) is 17.0 Å². The number of rotatable bonds is 3. The van der Waals surface area contributed by atoms with E-state index in [4.69, 9.17) is 0 Å². The van der Waals surface area contributed by atoms with E-state index in [1.165, 1.54) is 0 Å². The number of carbonyl (C=O) groups excluding carboxylic acids is 1. The van der Waals surface area contributed by atoms with Crippen LogP contribution in [0.15, 0.2) is 48.5 Å². The normalized spacial score (nSPS) is 13.4. The predicted molar refractivity (Wildman–Crippen MR) is 74.7 cm³/mol. The van der Waals surface area contributed by atoms with E-state index in [0.717, 1.165) is 5.56 Å². The lowest BCUT2D eigenvalue weighted by molar-refractivity contribution is -0.117. The van der Waals surface area contributed by atoms with Crippen LogP contribution in [0.5, 0.6) is 0 Å². The molecule has 0 bridgehead atoms. The molecule has 2 aromatic rings. The van der Waals surface area contributed by atoms with Gasteiger partial charge in [0.05, 0.1) is 18.5 Å². The van der Waals surface area contributed by atoms with Gasteiger partial charge in [0, 0.05) is 5.69 Å². The Morgan fingerprint density at radius 1 is 1.10 bits per heavy atom. The van der Waals surface area contributed by atoms with E-state index in [1.807, 2.05) is 30.3 Å². The van der Waals surface area contributed by atoms with Gasteiger partial charge in [-0.25, -0.2) is 4.79 Å². The average Bonchev–Trinajstić information content (AvgIpc) is 2.76. The summed E-state index contributed by atoms with van der Waals surface area (Å²) in [5, 5.41) is 9.18. The molecule has 4 nitrogen and oxygen atoms in total. The summed E-state index contributed by atoms with van der Waals surface area (Å²) in [4.78, 5) is 25.0. The zero-order valence-corrected chi connectivity index (χ0v) is 10.7. The molecule has 100 valence electrons. The number of hydrogen-bond donors (Lipinski definition) is 1. The minimum atomic E-state index is -0.990. The molecule has 0 unspecified atom stereocenters. The molecule has 20 heavy (non-hydrogen) atoms. The van der Waals surface area contributed by atoms with Crippen LogP contribution in [0.1, 0.15) is 21.5 Å². The Labute approximate surface area is 116 Å². The average molecular weight is 267 g/mol. The van der Waals surface area contributed by atoms with Crippen molar-refractivity contribution < 1.29 is 14.7 Å². The van der Waals surface area contributed by atoms with Gasteiger partial charge in [0.25, 0.3) is 0 Å². The fourth-order valence-corrected chi connectivity index (χ4v) is 2.53. The van der Waals surface area contributed by atoms with Gasteiger partial charge in [0.2, 0.25) is 5.91 Å². The molecule has 4 heteroatoms. The zero-order valence-electron chi connectivity index (χ0n) is 10.7. The van der Waals surface area contributed by atoms with E-state index in [2.05, 4.69) is 0 Å². The molecule has 3 rings (SSSR count). The van der Waals surface area contributed by atoms with Gasteiger partial charge in [0.1, 0.15) is 0 Å². The van der Waals surface area contributed by atoms with E-state index in [-0.39, 0.29) is 17.9 Å². The minimum absolute atomic E-state index is 0.0578. The Balaban J connectivity index is 1.99. The molecule has 0 saturated heterocycles. The first-order valence-corrected chi connectivity index (χ1v) is 6.36. The van der Waals surface area contributed by atoms with Crippen molar-refractivity contribution in [1.29, 1.82) is 0 Å². The van der Waals surface area contributed by atoms with E-state index >= 15 is 0 Å². The molecule has 1 N–H and O–H groups in total. The topological polar surface area (TPSA) is 57.6 Å². The summed E-state index contributed by atoms with van der Waals surface area (Å²) in [6.45, 7) is 0.468. The third-order valence-corrected chi connectivity index (χ3v) is 3.49. The first kappa shape index (κ1) is 12.4. The van der Waals surface area contributed by atoms with Gasteiger partial charge in [-0.05, 0) is 23.3 Å². The Morgan fingerprint density at radius 2 is 1.85 bits per heavy atom. The van der Waals surface area contributed by atoms with Crippen molar-refractivity contribution in [2.45, 2.75) is 13.0 Å². The van der Waals surface area contributed by atoms with E-state index in [9.17, 15) is 14.7 Å². The second-order valence-electron chi connectivity index (χ2n) is 4.75. The molecule has 0 aromatic heterocycles. The van der Waals surface area contributed by atoms with Crippen LogP contribution in [0.3, 0.4) is 0 Å². The van der Waals surface area contributed by atoms with Crippen molar-refractivity contribution in [3.63, 3.8) is 0 Å². The van der Waals surface area contributed by atoms with Crippen molar-refractivity contribution in [1.82, 2.24) is 0 Å². The minimum Gasteiger partial charge on any atom is -0.478 e. The molecule has 0 atom stereocenters. The van der Waals surface area contributed by atoms with Crippen molar-refractivity contribution in [2.75, 3.05) is 4.90 Å². The summed E-state index contributed by atoms with van der Waals surface area (Å²) in [6.07, 6.45) is 0.157. The lowest BCUT2D eigenvalue weighted by atomic mass is 10.1. The van der Waals surface area contributed by atoms with Gasteiger partial charge in [-0.1, -0.05) is 36.4 Å². The van der Waals surface area contributed by atoms with Crippen LogP contribution in [-0.2, 0) is 17.8 Å². The number of carbonyl (C=O) groups is 2. The first-order chi connectivity index (χ1) is 9.66. The van der Waals surface area contributed by atoms with Gasteiger partial charge in [-0.2, -0.15) is 0 Å². The fraction of sp³-hybridized carbons (Fsp3) is 0.125. The number of fused-ring (bicyclic) bond motifs is 1. The van der Waals surface area contributed by atoms with Crippen molar-refractivity contribution in [3.05, 3.63) is 65.2 Å². The van der Waals surface area contributed by atoms with Crippen LogP contribution in [0.4, 0.5) is 5.69 Å². The number of benzene rings is 2. The second-order valence-corrected chi connectivity index (χ2v) is 4.75. The number of carboxylic acid groups (broad SMARTS) is 1. The molecule has 2 aromatic carbocycles. The molecule has 1 aliphatic rings. The third kappa shape index (κ3) is 2.05. The maximum atomic E-state index is 12.1. The van der Waals surface area contributed by atoms with Crippen molar-refractivity contribution >= 4 is 17.6 Å². The fourth-order valence-electron chi connectivity index (χ4n) is 2.53. The molecular formula is C16H13NO3. The standard InChI is InChI=1S/C16H13NO3/c18-15-9-13-12(16(19)20)7-4-8-14(13)17(15)10-11-5-2-1-3-6-11/h1-8H,9-10H2,(H,19,20). The van der Waals surface area contributed by atoms with E-state index in [1.54, 1.807) is 23.1 Å². The van der Waals surface area contributed by atoms with Gasteiger partial charge >= 0.3 is 5.97 Å². The SMILES string of the molecule is O=C(O)c1cccc2c1CC(=O)N2Cc1ccccc1. The highest BCUT2D eigenvalue weighted by Crippen LogP contribution is 2.32. The molecule has 0 aliphatic carbocycles. The highest BCUT2D eigenvalue weighted by molar-refractivity contribution is 6.05. The van der Waals surface area contributed by atoms with Crippen LogP contribution in [0.25, 0.3) is 0 Å². The molecule has 1 aliphatic heterocycles. The van der Waals surface area contributed by atoms with Crippen molar-refractivity contribution in [3.8, 4) is 0 Å². The Morgan fingerprint density at radius 3 is 2.55 bits per heavy atom. The van der Waals surface area contributed by atoms with Gasteiger partial charge in [0.15, 0.2) is 0 Å². The number of anilines is 1. The summed E-state index contributed by atoms with van der Waals surface area (Å²) in [7, 11) is 0. The Kier molecular flexibility index (Phi) is 2.99. The predicted octanol–water partition coefficient (Wildman–Crippen LogP) is 2.47.